The first-order chi connectivity index (χ1) is 3.56. The second kappa shape index (κ2) is 3.05. The lowest BCUT2D eigenvalue weighted by atomic mass is 10.6. The SMILES string of the molecule is C/C=C\C[Si](C)(C)O. The first-order valence-corrected chi connectivity index (χ1v) is 6.05. The van der Waals surface area contributed by atoms with Crippen LogP contribution < -0.4 is 0 Å². The molecule has 0 aliphatic heterocycles. The highest BCUT2D eigenvalue weighted by molar-refractivity contribution is 6.70. The van der Waals surface area contributed by atoms with Crippen LogP contribution in [0, 0.1) is 0 Å². The Hall–Kier alpha value is -0.0831. The van der Waals surface area contributed by atoms with Crippen molar-refractivity contribution in [2.45, 2.75) is 26.1 Å². The van der Waals surface area contributed by atoms with E-state index >= 15 is 0 Å². The topological polar surface area (TPSA) is 20.2 Å². The van der Waals surface area contributed by atoms with Crippen LogP contribution >= 0.6 is 0 Å². The van der Waals surface area contributed by atoms with Crippen molar-refractivity contribution in [2.75, 3.05) is 0 Å². The van der Waals surface area contributed by atoms with Gasteiger partial charge in [-0.25, -0.2) is 0 Å². The predicted molar refractivity (Wildman–Crippen MR) is 39.3 cm³/mol. The standard InChI is InChI=1S/C6H14OSi/c1-4-5-6-8(2,3)7/h4-5,7H,6H2,1-3H3/b5-4-. The van der Waals surface area contributed by atoms with Gasteiger partial charge in [-0.1, -0.05) is 12.2 Å². The molecule has 0 aromatic rings. The Bertz CT molecular complexity index is 81.0. The van der Waals surface area contributed by atoms with E-state index in [-0.39, 0.29) is 0 Å². The molecular formula is C6H14OSi. The lowest BCUT2D eigenvalue weighted by Crippen LogP contribution is -2.22. The average molecular weight is 130 g/mol. The zero-order valence-electron chi connectivity index (χ0n) is 5.81. The van der Waals surface area contributed by atoms with Crippen molar-refractivity contribution in [3.63, 3.8) is 0 Å². The summed E-state index contributed by atoms with van der Waals surface area (Å²) in [6, 6.07) is 0.878. The Morgan fingerprint density at radius 1 is 1.50 bits per heavy atom. The van der Waals surface area contributed by atoms with E-state index < -0.39 is 8.32 Å². The summed E-state index contributed by atoms with van der Waals surface area (Å²) in [5.41, 5.74) is 0. The molecule has 8 heavy (non-hydrogen) atoms. The molecule has 1 nitrogen and oxygen atoms in total. The lowest BCUT2D eigenvalue weighted by molar-refractivity contribution is 0.554. The first kappa shape index (κ1) is 7.92. The molecule has 0 saturated heterocycles. The summed E-state index contributed by atoms with van der Waals surface area (Å²) in [5.74, 6) is 0. The van der Waals surface area contributed by atoms with Gasteiger partial charge in [-0.05, 0) is 26.1 Å². The number of hydrogen-bond donors (Lipinski definition) is 1. The molecule has 0 aromatic carbocycles. The zero-order valence-corrected chi connectivity index (χ0v) is 6.81. The highest BCUT2D eigenvalue weighted by atomic mass is 28.4. The van der Waals surface area contributed by atoms with E-state index in [1.165, 1.54) is 0 Å². The maximum Gasteiger partial charge on any atom is 0.186 e. The molecule has 0 heterocycles. The molecule has 0 aromatic heterocycles. The summed E-state index contributed by atoms with van der Waals surface area (Å²) in [6.07, 6.45) is 4.00. The molecular weight excluding hydrogens is 116 g/mol. The van der Waals surface area contributed by atoms with Gasteiger partial charge >= 0.3 is 0 Å². The Labute approximate surface area is 52.2 Å². The van der Waals surface area contributed by atoms with Crippen molar-refractivity contribution in [1.82, 2.24) is 0 Å². The van der Waals surface area contributed by atoms with Gasteiger partial charge in [-0.3, -0.25) is 0 Å². The van der Waals surface area contributed by atoms with Crippen LogP contribution in [-0.4, -0.2) is 13.1 Å². The van der Waals surface area contributed by atoms with Gasteiger partial charge in [0.1, 0.15) is 0 Å². The lowest BCUT2D eigenvalue weighted by Gasteiger charge is -2.08. The van der Waals surface area contributed by atoms with E-state index in [9.17, 15) is 4.80 Å². The number of allylic oxidation sites excluding steroid dienone is 2. The molecule has 0 spiro atoms. The van der Waals surface area contributed by atoms with Crippen molar-refractivity contribution in [1.29, 1.82) is 0 Å². The minimum atomic E-state index is -1.76. The van der Waals surface area contributed by atoms with E-state index in [0.717, 1.165) is 6.04 Å². The summed E-state index contributed by atoms with van der Waals surface area (Å²) >= 11 is 0. The van der Waals surface area contributed by atoms with Crippen molar-refractivity contribution in [3.05, 3.63) is 12.2 Å². The molecule has 48 valence electrons. The van der Waals surface area contributed by atoms with Gasteiger partial charge in [0.2, 0.25) is 0 Å². The maximum absolute atomic E-state index is 9.24. The summed E-state index contributed by atoms with van der Waals surface area (Å²) in [4.78, 5) is 9.24. The molecule has 0 aliphatic rings. The molecule has 0 bridgehead atoms. The summed E-state index contributed by atoms with van der Waals surface area (Å²) in [6.45, 7) is 5.85. The minimum absolute atomic E-state index is 0.878. The average Bonchev–Trinajstić information content (AvgIpc) is 1.59. The Morgan fingerprint density at radius 2 is 2.00 bits per heavy atom. The normalized spacial score (nSPS) is 13.0. The Morgan fingerprint density at radius 3 is 2.12 bits per heavy atom. The van der Waals surface area contributed by atoms with E-state index in [1.807, 2.05) is 32.2 Å². The van der Waals surface area contributed by atoms with Crippen LogP contribution in [0.4, 0.5) is 0 Å². The van der Waals surface area contributed by atoms with E-state index in [1.54, 1.807) is 0 Å². The quantitative estimate of drug-likeness (QED) is 0.446. The molecule has 0 saturated carbocycles. The van der Waals surface area contributed by atoms with E-state index in [4.69, 9.17) is 0 Å². The zero-order chi connectivity index (χ0) is 6.62. The predicted octanol–water partition coefficient (Wildman–Crippen LogP) is 1.76. The van der Waals surface area contributed by atoms with Gasteiger partial charge in [-0.2, -0.15) is 0 Å². The van der Waals surface area contributed by atoms with Crippen LogP contribution in [0.25, 0.3) is 0 Å². The molecule has 0 fully saturated rings. The van der Waals surface area contributed by atoms with Crippen LogP contribution in [0.3, 0.4) is 0 Å². The smallest absolute Gasteiger partial charge is 0.186 e. The molecule has 0 amide bonds. The molecule has 0 aliphatic carbocycles. The van der Waals surface area contributed by atoms with Gasteiger partial charge in [-0.15, -0.1) is 0 Å². The second-order valence-electron chi connectivity index (χ2n) is 2.59. The van der Waals surface area contributed by atoms with E-state index in [0.29, 0.717) is 0 Å². The van der Waals surface area contributed by atoms with Gasteiger partial charge in [0.15, 0.2) is 8.32 Å². The van der Waals surface area contributed by atoms with Crippen molar-refractivity contribution < 1.29 is 4.80 Å². The fourth-order valence-electron chi connectivity index (χ4n) is 0.406. The molecule has 0 unspecified atom stereocenters. The van der Waals surface area contributed by atoms with E-state index in [2.05, 4.69) is 0 Å². The fourth-order valence-corrected chi connectivity index (χ4v) is 1.22. The third-order valence-electron chi connectivity index (χ3n) is 0.853. The second-order valence-corrected chi connectivity index (χ2v) is 6.62. The fraction of sp³-hybridized carbons (Fsp3) is 0.667. The summed E-state index contributed by atoms with van der Waals surface area (Å²) in [5, 5.41) is 0. The highest BCUT2D eigenvalue weighted by Gasteiger charge is 2.12. The maximum atomic E-state index is 9.24. The monoisotopic (exact) mass is 130 g/mol. The first-order valence-electron chi connectivity index (χ1n) is 2.90. The van der Waals surface area contributed by atoms with Gasteiger partial charge in [0, 0.05) is 0 Å². The van der Waals surface area contributed by atoms with Crippen molar-refractivity contribution >= 4 is 8.32 Å². The Kier molecular flexibility index (Phi) is 3.01. The van der Waals surface area contributed by atoms with Gasteiger partial charge in [0.05, 0.1) is 0 Å². The third-order valence-corrected chi connectivity index (χ3v) is 2.09. The van der Waals surface area contributed by atoms with Crippen LogP contribution in [-0.2, 0) is 0 Å². The summed E-state index contributed by atoms with van der Waals surface area (Å²) < 4.78 is 0. The van der Waals surface area contributed by atoms with Gasteiger partial charge < -0.3 is 4.80 Å². The van der Waals surface area contributed by atoms with Crippen molar-refractivity contribution in [2.24, 2.45) is 0 Å². The molecule has 2 heteroatoms. The van der Waals surface area contributed by atoms with Crippen LogP contribution in [0.5, 0.6) is 0 Å². The van der Waals surface area contributed by atoms with Crippen molar-refractivity contribution in [3.8, 4) is 0 Å². The molecule has 0 rings (SSSR count). The molecule has 0 radical (unpaired) electrons. The van der Waals surface area contributed by atoms with Crippen LogP contribution in [0.15, 0.2) is 12.2 Å². The minimum Gasteiger partial charge on any atom is -0.432 e. The third kappa shape index (κ3) is 5.92. The summed E-state index contributed by atoms with van der Waals surface area (Å²) in [7, 11) is -1.76. The molecule has 0 atom stereocenters. The Balaban J connectivity index is 3.39. The molecule has 1 N–H and O–H groups in total. The largest absolute Gasteiger partial charge is 0.432 e. The highest BCUT2D eigenvalue weighted by Crippen LogP contribution is 2.03. The number of rotatable bonds is 2. The van der Waals surface area contributed by atoms with Crippen LogP contribution in [0.2, 0.25) is 19.1 Å². The van der Waals surface area contributed by atoms with Gasteiger partial charge in [0.25, 0.3) is 0 Å². The van der Waals surface area contributed by atoms with Crippen LogP contribution in [0.1, 0.15) is 6.92 Å². The number of hydrogen-bond acceptors (Lipinski definition) is 1.